The van der Waals surface area contributed by atoms with E-state index in [0.29, 0.717) is 28.0 Å². The molecule has 0 bridgehead atoms. The molecule has 0 fully saturated rings. The molecule has 3 rings (SSSR count). The number of hydrogen-bond donors (Lipinski definition) is 1. The molecule has 0 aliphatic heterocycles. The van der Waals surface area contributed by atoms with Crippen molar-refractivity contribution in [2.24, 2.45) is 0 Å². The first-order chi connectivity index (χ1) is 13.8. The molecule has 1 N–H and O–H groups in total. The van der Waals surface area contributed by atoms with E-state index >= 15 is 0 Å². The van der Waals surface area contributed by atoms with Crippen LogP contribution < -0.4 is 14.8 Å². The number of amides is 1. The quantitative estimate of drug-likeness (QED) is 0.509. The van der Waals surface area contributed by atoms with E-state index in [0.717, 1.165) is 0 Å². The predicted octanol–water partition coefficient (Wildman–Crippen LogP) is 6.45. The van der Waals surface area contributed by atoms with E-state index in [1.54, 1.807) is 48.5 Å². The van der Waals surface area contributed by atoms with Gasteiger partial charge in [0.05, 0.1) is 0 Å². The fourth-order valence-electron chi connectivity index (χ4n) is 2.64. The van der Waals surface area contributed by atoms with E-state index in [9.17, 15) is 4.79 Å². The van der Waals surface area contributed by atoms with Crippen LogP contribution in [0.15, 0.2) is 72.8 Å². The smallest absolute Gasteiger partial charge is 0.262 e. The third-order valence-electron chi connectivity index (χ3n) is 4.28. The summed E-state index contributed by atoms with van der Waals surface area (Å²) in [6.07, 6.45) is 0. The molecule has 1 amide bonds. The van der Waals surface area contributed by atoms with Gasteiger partial charge in [-0.25, -0.2) is 0 Å². The van der Waals surface area contributed by atoms with Gasteiger partial charge >= 0.3 is 0 Å². The van der Waals surface area contributed by atoms with Crippen LogP contribution in [0.5, 0.6) is 17.2 Å². The summed E-state index contributed by atoms with van der Waals surface area (Å²) in [7, 11) is 0. The Bertz CT molecular complexity index is 943. The minimum atomic E-state index is -0.226. The molecule has 3 aromatic rings. The molecule has 0 aromatic heterocycles. The van der Waals surface area contributed by atoms with Gasteiger partial charge in [-0.05, 0) is 71.6 Å². The molecule has 0 radical (unpaired) electrons. The van der Waals surface area contributed by atoms with Crippen molar-refractivity contribution in [3.8, 4) is 17.2 Å². The first kappa shape index (κ1) is 20.7. The molecule has 0 heterocycles. The minimum absolute atomic E-state index is 0.0576. The Hall–Kier alpha value is -2.98. The van der Waals surface area contributed by atoms with Crippen LogP contribution in [0.3, 0.4) is 0 Å². The van der Waals surface area contributed by atoms with Gasteiger partial charge in [0, 0.05) is 10.7 Å². The highest BCUT2D eigenvalue weighted by atomic mass is 35.5. The lowest BCUT2D eigenvalue weighted by molar-refractivity contribution is -0.118. The fourth-order valence-corrected chi connectivity index (χ4v) is 2.77. The average Bonchev–Trinajstić information content (AvgIpc) is 2.69. The Morgan fingerprint density at radius 1 is 0.828 bits per heavy atom. The average molecular weight is 410 g/mol. The normalized spacial score (nSPS) is 11.0. The third-order valence-corrected chi connectivity index (χ3v) is 4.53. The molecule has 0 aliphatic carbocycles. The van der Waals surface area contributed by atoms with Crippen molar-refractivity contribution < 1.29 is 14.3 Å². The molecule has 29 heavy (non-hydrogen) atoms. The van der Waals surface area contributed by atoms with Crippen molar-refractivity contribution >= 4 is 23.2 Å². The van der Waals surface area contributed by atoms with Gasteiger partial charge in [0.1, 0.15) is 17.2 Å². The van der Waals surface area contributed by atoms with Crippen LogP contribution in [-0.2, 0) is 10.2 Å². The number of carbonyl (C=O) groups is 1. The number of ether oxygens (including phenoxy) is 2. The Kier molecular flexibility index (Phi) is 6.45. The monoisotopic (exact) mass is 409 g/mol. The van der Waals surface area contributed by atoms with Gasteiger partial charge in [-0.2, -0.15) is 0 Å². The van der Waals surface area contributed by atoms with Crippen molar-refractivity contribution in [2.75, 3.05) is 11.9 Å². The topological polar surface area (TPSA) is 47.6 Å². The van der Waals surface area contributed by atoms with Crippen LogP contribution >= 0.6 is 11.6 Å². The Morgan fingerprint density at radius 2 is 1.34 bits per heavy atom. The standard InChI is InChI=1S/C24H24ClNO3/c1-24(2,3)17-4-10-20(11-5-17)28-16-23(27)26-19-8-14-22(15-9-19)29-21-12-6-18(25)7-13-21/h4-15H,16H2,1-3H3,(H,26,27). The Balaban J connectivity index is 1.49. The fraction of sp³-hybridized carbons (Fsp3) is 0.208. The van der Waals surface area contributed by atoms with Gasteiger partial charge in [0.15, 0.2) is 6.61 Å². The maximum atomic E-state index is 12.1. The minimum Gasteiger partial charge on any atom is -0.484 e. The number of halogens is 1. The van der Waals surface area contributed by atoms with Crippen molar-refractivity contribution in [1.29, 1.82) is 0 Å². The number of carbonyl (C=O) groups excluding carboxylic acids is 1. The second-order valence-corrected chi connectivity index (χ2v) is 8.13. The largest absolute Gasteiger partial charge is 0.484 e. The molecule has 0 spiro atoms. The van der Waals surface area contributed by atoms with Crippen molar-refractivity contribution in [1.82, 2.24) is 0 Å². The van der Waals surface area contributed by atoms with Crippen molar-refractivity contribution in [2.45, 2.75) is 26.2 Å². The van der Waals surface area contributed by atoms with Gasteiger partial charge in [-0.3, -0.25) is 4.79 Å². The first-order valence-corrected chi connectivity index (χ1v) is 9.74. The molecule has 5 heteroatoms. The van der Waals surface area contributed by atoms with E-state index in [1.807, 2.05) is 24.3 Å². The molecule has 3 aromatic carbocycles. The molecular weight excluding hydrogens is 386 g/mol. The van der Waals surface area contributed by atoms with E-state index in [1.165, 1.54) is 5.56 Å². The van der Waals surface area contributed by atoms with Crippen molar-refractivity contribution in [3.05, 3.63) is 83.4 Å². The van der Waals surface area contributed by atoms with Gasteiger partial charge in [0.25, 0.3) is 5.91 Å². The summed E-state index contributed by atoms with van der Waals surface area (Å²) in [4.78, 5) is 12.1. The second-order valence-electron chi connectivity index (χ2n) is 7.69. The van der Waals surface area contributed by atoms with Crippen LogP contribution in [0.2, 0.25) is 5.02 Å². The summed E-state index contributed by atoms with van der Waals surface area (Å²) < 4.78 is 11.3. The maximum absolute atomic E-state index is 12.1. The van der Waals surface area contributed by atoms with Gasteiger partial charge in [-0.15, -0.1) is 0 Å². The zero-order valence-electron chi connectivity index (χ0n) is 16.7. The van der Waals surface area contributed by atoms with Crippen LogP contribution in [0.25, 0.3) is 0 Å². The zero-order valence-corrected chi connectivity index (χ0v) is 17.5. The SMILES string of the molecule is CC(C)(C)c1ccc(OCC(=O)Nc2ccc(Oc3ccc(Cl)cc3)cc2)cc1. The van der Waals surface area contributed by atoms with Crippen LogP contribution in [-0.4, -0.2) is 12.5 Å². The summed E-state index contributed by atoms with van der Waals surface area (Å²) in [5.41, 5.74) is 1.97. The van der Waals surface area contributed by atoms with E-state index in [4.69, 9.17) is 21.1 Å². The second kappa shape index (κ2) is 9.01. The Morgan fingerprint density at radius 3 is 1.90 bits per heavy atom. The highest BCUT2D eigenvalue weighted by Gasteiger charge is 2.13. The molecule has 0 unspecified atom stereocenters. The molecule has 0 aliphatic rings. The lowest BCUT2D eigenvalue weighted by Crippen LogP contribution is -2.20. The summed E-state index contributed by atoms with van der Waals surface area (Å²) in [6.45, 7) is 6.41. The predicted molar refractivity (Wildman–Crippen MR) is 117 cm³/mol. The number of benzene rings is 3. The highest BCUT2D eigenvalue weighted by molar-refractivity contribution is 6.30. The lowest BCUT2D eigenvalue weighted by Gasteiger charge is -2.19. The zero-order chi connectivity index (χ0) is 20.9. The first-order valence-electron chi connectivity index (χ1n) is 9.36. The summed E-state index contributed by atoms with van der Waals surface area (Å²) in [5, 5.41) is 3.46. The molecular formula is C24H24ClNO3. The molecule has 4 nitrogen and oxygen atoms in total. The molecule has 0 atom stereocenters. The molecule has 0 saturated carbocycles. The third kappa shape index (κ3) is 6.26. The van der Waals surface area contributed by atoms with Crippen LogP contribution in [0.4, 0.5) is 5.69 Å². The molecule has 150 valence electrons. The van der Waals surface area contributed by atoms with Crippen molar-refractivity contribution in [3.63, 3.8) is 0 Å². The summed E-state index contributed by atoms with van der Waals surface area (Å²) >= 11 is 5.87. The summed E-state index contributed by atoms with van der Waals surface area (Å²) in [6, 6.07) is 22.1. The van der Waals surface area contributed by atoms with Crippen LogP contribution in [0.1, 0.15) is 26.3 Å². The highest BCUT2D eigenvalue weighted by Crippen LogP contribution is 2.25. The number of nitrogens with one attached hydrogen (secondary N) is 1. The number of anilines is 1. The number of hydrogen-bond acceptors (Lipinski definition) is 3. The molecule has 0 saturated heterocycles. The van der Waals surface area contributed by atoms with Gasteiger partial charge in [-0.1, -0.05) is 44.5 Å². The van der Waals surface area contributed by atoms with Crippen LogP contribution in [0, 0.1) is 0 Å². The lowest BCUT2D eigenvalue weighted by atomic mass is 9.87. The summed E-state index contributed by atoms with van der Waals surface area (Å²) in [5.74, 6) is 1.80. The van der Waals surface area contributed by atoms with E-state index in [-0.39, 0.29) is 17.9 Å². The van der Waals surface area contributed by atoms with E-state index < -0.39 is 0 Å². The van der Waals surface area contributed by atoms with Gasteiger partial charge in [0.2, 0.25) is 0 Å². The maximum Gasteiger partial charge on any atom is 0.262 e. The number of rotatable bonds is 6. The Labute approximate surface area is 176 Å². The van der Waals surface area contributed by atoms with Gasteiger partial charge < -0.3 is 14.8 Å². The van der Waals surface area contributed by atoms with E-state index in [2.05, 4.69) is 26.1 Å².